The fourth-order valence-electron chi connectivity index (χ4n) is 2.52. The predicted molar refractivity (Wildman–Crippen MR) is 103 cm³/mol. The molecule has 0 fully saturated rings. The molecule has 5 nitrogen and oxygen atoms in total. The molecular weight excluding hydrogens is 389 g/mol. The van der Waals surface area contributed by atoms with Gasteiger partial charge in [-0.05, 0) is 24.6 Å². The summed E-state index contributed by atoms with van der Waals surface area (Å²) in [6.45, 7) is 1.91. The smallest absolute Gasteiger partial charge is 0.349 e. The summed E-state index contributed by atoms with van der Waals surface area (Å²) in [7, 11) is -3.07. The van der Waals surface area contributed by atoms with Crippen molar-refractivity contribution < 1.29 is 22.3 Å². The number of methoxy groups -OCH3 is 1. The Hall–Kier alpha value is -2.71. The summed E-state index contributed by atoms with van der Waals surface area (Å²) in [4.78, 5) is 11.8. The van der Waals surface area contributed by atoms with Crippen LogP contribution in [0.5, 0.6) is 0 Å². The van der Waals surface area contributed by atoms with Gasteiger partial charge in [-0.1, -0.05) is 42.0 Å². The average molecular weight is 405 g/mol. The Morgan fingerprint density at radius 3 is 2.41 bits per heavy atom. The zero-order valence-electron chi connectivity index (χ0n) is 14.5. The maximum atomic E-state index is 13.9. The predicted octanol–water partition coefficient (Wildman–Crippen LogP) is 4.45. The summed E-state index contributed by atoms with van der Waals surface area (Å²) < 4.78 is 47.0. The number of ether oxygens (including phenoxy) is 1. The standard InChI is InChI=1S/C19H16FNO4S2/c1-12-7-9-13(10-8-12)14-11-26-17(19(22)25-2)18(14)27(23,24)21-16-6-4-3-5-15(16)20/h3-11,21H,1-2H3. The molecule has 140 valence electrons. The Morgan fingerprint density at radius 2 is 1.78 bits per heavy atom. The minimum absolute atomic E-state index is 0.0723. The first-order valence-electron chi connectivity index (χ1n) is 7.87. The van der Waals surface area contributed by atoms with Gasteiger partial charge in [0.2, 0.25) is 0 Å². The van der Waals surface area contributed by atoms with Gasteiger partial charge in [0.25, 0.3) is 10.0 Å². The van der Waals surface area contributed by atoms with Crippen LogP contribution in [0.4, 0.5) is 10.1 Å². The number of para-hydroxylation sites is 1. The lowest BCUT2D eigenvalue weighted by molar-refractivity contribution is 0.0602. The zero-order chi connectivity index (χ0) is 19.6. The van der Waals surface area contributed by atoms with Crippen LogP contribution >= 0.6 is 11.3 Å². The van der Waals surface area contributed by atoms with Gasteiger partial charge < -0.3 is 4.74 Å². The van der Waals surface area contributed by atoms with Crippen LogP contribution in [0.15, 0.2) is 58.8 Å². The molecule has 0 aliphatic heterocycles. The number of benzene rings is 2. The van der Waals surface area contributed by atoms with E-state index in [1.165, 1.54) is 25.3 Å². The van der Waals surface area contributed by atoms with Crippen LogP contribution in [0.2, 0.25) is 0 Å². The summed E-state index contributed by atoms with van der Waals surface area (Å²) in [5, 5.41) is 1.58. The SMILES string of the molecule is COC(=O)c1scc(-c2ccc(C)cc2)c1S(=O)(=O)Nc1ccccc1F. The van der Waals surface area contributed by atoms with E-state index in [-0.39, 0.29) is 15.5 Å². The van der Waals surface area contributed by atoms with E-state index in [4.69, 9.17) is 4.74 Å². The molecule has 8 heteroatoms. The zero-order valence-corrected chi connectivity index (χ0v) is 16.2. The number of sulfonamides is 1. The van der Waals surface area contributed by atoms with Crippen LogP contribution in [-0.2, 0) is 14.8 Å². The van der Waals surface area contributed by atoms with E-state index in [1.54, 1.807) is 17.5 Å². The summed E-state index contributed by atoms with van der Waals surface area (Å²) in [6, 6.07) is 12.6. The normalized spacial score (nSPS) is 11.2. The average Bonchev–Trinajstić information content (AvgIpc) is 3.09. The summed E-state index contributed by atoms with van der Waals surface area (Å²) >= 11 is 0.962. The Labute approximate surface area is 160 Å². The van der Waals surface area contributed by atoms with Crippen molar-refractivity contribution in [3.05, 3.63) is 70.2 Å². The van der Waals surface area contributed by atoms with Crippen LogP contribution in [0.25, 0.3) is 11.1 Å². The lowest BCUT2D eigenvalue weighted by atomic mass is 10.1. The van der Waals surface area contributed by atoms with Crippen molar-refractivity contribution in [2.75, 3.05) is 11.8 Å². The van der Waals surface area contributed by atoms with Gasteiger partial charge in [0, 0.05) is 10.9 Å². The highest BCUT2D eigenvalue weighted by molar-refractivity contribution is 7.93. The number of halogens is 1. The number of carbonyl (C=O) groups excluding carboxylic acids is 1. The number of anilines is 1. The highest BCUT2D eigenvalue weighted by Crippen LogP contribution is 2.37. The van der Waals surface area contributed by atoms with Gasteiger partial charge in [-0.2, -0.15) is 0 Å². The molecule has 0 bridgehead atoms. The number of thiophene rings is 1. The Balaban J connectivity index is 2.16. The molecule has 1 aromatic heterocycles. The Kier molecular flexibility index (Phi) is 5.29. The number of aryl methyl sites for hydroxylation is 1. The van der Waals surface area contributed by atoms with E-state index >= 15 is 0 Å². The van der Waals surface area contributed by atoms with Crippen LogP contribution in [-0.4, -0.2) is 21.5 Å². The third-order valence-electron chi connectivity index (χ3n) is 3.87. The number of hydrogen-bond acceptors (Lipinski definition) is 5. The minimum atomic E-state index is -4.25. The second kappa shape index (κ2) is 7.50. The number of carbonyl (C=O) groups is 1. The number of nitrogens with one attached hydrogen (secondary N) is 1. The van der Waals surface area contributed by atoms with E-state index in [1.807, 2.05) is 19.1 Å². The molecule has 0 radical (unpaired) electrons. The topological polar surface area (TPSA) is 72.5 Å². The molecule has 1 N–H and O–H groups in total. The van der Waals surface area contributed by atoms with Crippen LogP contribution in [0.1, 0.15) is 15.2 Å². The van der Waals surface area contributed by atoms with Gasteiger partial charge in [0.15, 0.2) is 0 Å². The number of rotatable bonds is 5. The van der Waals surface area contributed by atoms with Gasteiger partial charge in [0.1, 0.15) is 15.6 Å². The number of esters is 1. The van der Waals surface area contributed by atoms with Crippen LogP contribution in [0.3, 0.4) is 0 Å². The van der Waals surface area contributed by atoms with E-state index < -0.39 is 21.8 Å². The maximum Gasteiger partial charge on any atom is 0.349 e. The molecule has 0 saturated carbocycles. The fourth-order valence-corrected chi connectivity index (χ4v) is 5.30. The molecule has 3 rings (SSSR count). The molecule has 0 aliphatic rings. The molecule has 0 atom stereocenters. The van der Waals surface area contributed by atoms with Gasteiger partial charge >= 0.3 is 5.97 Å². The van der Waals surface area contributed by atoms with Gasteiger partial charge in [-0.3, -0.25) is 4.72 Å². The Morgan fingerprint density at radius 1 is 1.11 bits per heavy atom. The lowest BCUT2D eigenvalue weighted by Crippen LogP contribution is -2.17. The molecule has 0 spiro atoms. The van der Waals surface area contributed by atoms with Gasteiger partial charge in [-0.25, -0.2) is 17.6 Å². The molecule has 2 aromatic carbocycles. The van der Waals surface area contributed by atoms with E-state index in [9.17, 15) is 17.6 Å². The van der Waals surface area contributed by atoms with Gasteiger partial charge in [-0.15, -0.1) is 11.3 Å². The first-order chi connectivity index (χ1) is 12.8. The minimum Gasteiger partial charge on any atom is -0.465 e. The summed E-state index contributed by atoms with van der Waals surface area (Å²) in [6.07, 6.45) is 0. The second-order valence-corrected chi connectivity index (χ2v) is 8.25. The van der Waals surface area contributed by atoms with Crippen molar-refractivity contribution in [2.24, 2.45) is 0 Å². The Bertz CT molecular complexity index is 1090. The molecule has 3 aromatic rings. The molecule has 0 saturated heterocycles. The van der Waals surface area contributed by atoms with Crippen molar-refractivity contribution in [1.29, 1.82) is 0 Å². The molecule has 1 heterocycles. The maximum absolute atomic E-state index is 13.9. The summed E-state index contributed by atoms with van der Waals surface area (Å²) in [5.74, 6) is -1.49. The van der Waals surface area contributed by atoms with Crippen molar-refractivity contribution in [1.82, 2.24) is 0 Å². The van der Waals surface area contributed by atoms with E-state index in [0.29, 0.717) is 11.1 Å². The molecule has 0 unspecified atom stereocenters. The van der Waals surface area contributed by atoms with Gasteiger partial charge in [0.05, 0.1) is 12.8 Å². The number of hydrogen-bond donors (Lipinski definition) is 1. The third kappa shape index (κ3) is 3.86. The third-order valence-corrected chi connectivity index (χ3v) is 6.41. The fraction of sp³-hybridized carbons (Fsp3) is 0.105. The van der Waals surface area contributed by atoms with Crippen LogP contribution < -0.4 is 4.72 Å². The van der Waals surface area contributed by atoms with Crippen molar-refractivity contribution in [3.63, 3.8) is 0 Å². The van der Waals surface area contributed by atoms with Crippen LogP contribution in [0, 0.1) is 12.7 Å². The lowest BCUT2D eigenvalue weighted by Gasteiger charge is -2.12. The summed E-state index contributed by atoms with van der Waals surface area (Å²) in [5.41, 5.74) is 1.79. The molecule has 27 heavy (non-hydrogen) atoms. The van der Waals surface area contributed by atoms with Crippen molar-refractivity contribution in [3.8, 4) is 11.1 Å². The second-order valence-electron chi connectivity index (χ2n) is 5.75. The monoisotopic (exact) mass is 405 g/mol. The largest absolute Gasteiger partial charge is 0.465 e. The highest BCUT2D eigenvalue weighted by atomic mass is 32.2. The van der Waals surface area contributed by atoms with E-state index in [0.717, 1.165) is 23.0 Å². The van der Waals surface area contributed by atoms with E-state index in [2.05, 4.69) is 4.72 Å². The molecular formula is C19H16FNO4S2. The first kappa shape index (κ1) is 19.1. The van der Waals surface area contributed by atoms with Crippen molar-refractivity contribution >= 4 is 33.0 Å². The molecule has 0 aliphatic carbocycles. The quantitative estimate of drug-likeness (QED) is 0.637. The van der Waals surface area contributed by atoms with Crippen molar-refractivity contribution in [2.45, 2.75) is 11.8 Å². The highest BCUT2D eigenvalue weighted by Gasteiger charge is 2.30. The first-order valence-corrected chi connectivity index (χ1v) is 10.2. The molecule has 0 amide bonds.